The molecule has 0 saturated heterocycles. The summed E-state index contributed by atoms with van der Waals surface area (Å²) in [6, 6.07) is 9.39. The number of nitrogens with one attached hydrogen (secondary N) is 1. The molecule has 0 spiro atoms. The third-order valence-corrected chi connectivity index (χ3v) is 4.28. The monoisotopic (exact) mass is 275 g/mol. The Morgan fingerprint density at radius 1 is 1.15 bits per heavy atom. The van der Waals surface area contributed by atoms with Gasteiger partial charge < -0.3 is 10.1 Å². The minimum absolute atomic E-state index is 0.255. The summed E-state index contributed by atoms with van der Waals surface area (Å²) in [7, 11) is 0. The molecule has 0 radical (unpaired) electrons. The quantitative estimate of drug-likeness (QED) is 0.761. The van der Waals surface area contributed by atoms with Gasteiger partial charge in [0.05, 0.1) is 0 Å². The molecule has 1 fully saturated rings. The average Bonchev–Trinajstić information content (AvgIpc) is 3.27. The Morgan fingerprint density at radius 2 is 1.80 bits per heavy atom. The molecule has 2 nitrogen and oxygen atoms in total. The fourth-order valence-corrected chi connectivity index (χ4v) is 2.27. The maximum absolute atomic E-state index is 6.16. The summed E-state index contributed by atoms with van der Waals surface area (Å²) < 4.78 is 6.16. The van der Waals surface area contributed by atoms with Gasteiger partial charge in [0.2, 0.25) is 0 Å². The molecular formula is C18H29NO. The van der Waals surface area contributed by atoms with E-state index in [4.69, 9.17) is 4.74 Å². The van der Waals surface area contributed by atoms with Gasteiger partial charge in [0.1, 0.15) is 11.9 Å². The molecular weight excluding hydrogens is 246 g/mol. The van der Waals surface area contributed by atoms with Crippen LogP contribution >= 0.6 is 0 Å². The van der Waals surface area contributed by atoms with Crippen LogP contribution in [0, 0.1) is 5.92 Å². The molecule has 2 atom stereocenters. The van der Waals surface area contributed by atoms with Gasteiger partial charge in [0, 0.05) is 12.6 Å². The third kappa shape index (κ3) is 4.52. The van der Waals surface area contributed by atoms with E-state index in [0.717, 1.165) is 18.3 Å². The summed E-state index contributed by atoms with van der Waals surface area (Å²) in [6.45, 7) is 9.91. The lowest BCUT2D eigenvalue weighted by atomic mass is 9.99. The summed E-state index contributed by atoms with van der Waals surface area (Å²) in [4.78, 5) is 0. The molecule has 1 aliphatic carbocycles. The highest BCUT2D eigenvalue weighted by molar-refractivity contribution is 5.29. The van der Waals surface area contributed by atoms with Crippen molar-refractivity contribution in [2.75, 3.05) is 6.54 Å². The second-order valence-electron chi connectivity index (χ2n) is 6.46. The van der Waals surface area contributed by atoms with Crippen molar-refractivity contribution in [2.24, 2.45) is 5.92 Å². The first-order valence-electron chi connectivity index (χ1n) is 8.10. The molecule has 0 amide bonds. The molecule has 0 aliphatic heterocycles. The fourth-order valence-electron chi connectivity index (χ4n) is 2.27. The topological polar surface area (TPSA) is 21.3 Å². The van der Waals surface area contributed by atoms with Crippen LogP contribution in [0.3, 0.4) is 0 Å². The molecule has 1 N–H and O–H groups in total. The van der Waals surface area contributed by atoms with Crippen molar-refractivity contribution >= 4 is 0 Å². The first-order valence-corrected chi connectivity index (χ1v) is 8.10. The SMILES string of the molecule is CCC(C)c1ccc(OC(CNC2CC2)C(C)C)cc1. The van der Waals surface area contributed by atoms with Crippen LogP contribution in [-0.4, -0.2) is 18.7 Å². The number of ether oxygens (including phenoxy) is 1. The first-order chi connectivity index (χ1) is 9.60. The zero-order chi connectivity index (χ0) is 14.5. The van der Waals surface area contributed by atoms with Gasteiger partial charge in [-0.15, -0.1) is 0 Å². The van der Waals surface area contributed by atoms with Gasteiger partial charge in [-0.3, -0.25) is 0 Å². The van der Waals surface area contributed by atoms with Crippen LogP contribution in [-0.2, 0) is 0 Å². The van der Waals surface area contributed by atoms with Gasteiger partial charge in [-0.25, -0.2) is 0 Å². The highest BCUT2D eigenvalue weighted by Crippen LogP contribution is 2.23. The van der Waals surface area contributed by atoms with Gasteiger partial charge in [0.15, 0.2) is 0 Å². The van der Waals surface area contributed by atoms with Crippen molar-refractivity contribution < 1.29 is 4.74 Å². The van der Waals surface area contributed by atoms with Crippen LogP contribution in [0.25, 0.3) is 0 Å². The van der Waals surface area contributed by atoms with E-state index in [1.807, 2.05) is 0 Å². The molecule has 1 aromatic rings. The van der Waals surface area contributed by atoms with E-state index in [-0.39, 0.29) is 6.10 Å². The van der Waals surface area contributed by atoms with Crippen LogP contribution in [0.5, 0.6) is 5.75 Å². The Kier molecular flexibility index (Phi) is 5.47. The summed E-state index contributed by atoms with van der Waals surface area (Å²) >= 11 is 0. The van der Waals surface area contributed by atoms with Gasteiger partial charge in [-0.05, 0) is 48.8 Å². The Balaban J connectivity index is 1.91. The predicted octanol–water partition coefficient (Wildman–Crippen LogP) is 4.36. The molecule has 1 aliphatic rings. The molecule has 2 unspecified atom stereocenters. The first kappa shape index (κ1) is 15.4. The summed E-state index contributed by atoms with van der Waals surface area (Å²) in [6.07, 6.45) is 4.09. The van der Waals surface area contributed by atoms with E-state index in [0.29, 0.717) is 11.8 Å². The van der Waals surface area contributed by atoms with E-state index in [2.05, 4.69) is 57.3 Å². The number of hydrogen-bond donors (Lipinski definition) is 1. The summed E-state index contributed by atoms with van der Waals surface area (Å²) in [5, 5.41) is 3.57. The molecule has 1 aromatic carbocycles. The predicted molar refractivity (Wildman–Crippen MR) is 85.4 cm³/mol. The lowest BCUT2D eigenvalue weighted by molar-refractivity contribution is 0.148. The van der Waals surface area contributed by atoms with E-state index in [9.17, 15) is 0 Å². The highest BCUT2D eigenvalue weighted by Gasteiger charge is 2.23. The normalized spacial score (nSPS) is 18.1. The van der Waals surface area contributed by atoms with Crippen molar-refractivity contribution in [1.82, 2.24) is 5.32 Å². The maximum atomic E-state index is 6.16. The Bertz CT molecular complexity index is 394. The Morgan fingerprint density at radius 3 is 2.30 bits per heavy atom. The molecule has 2 heteroatoms. The minimum atomic E-state index is 0.255. The summed E-state index contributed by atoms with van der Waals surface area (Å²) in [5.74, 6) is 2.14. The summed E-state index contributed by atoms with van der Waals surface area (Å²) in [5.41, 5.74) is 1.40. The molecule has 0 bridgehead atoms. The standard InChI is InChI=1S/C18H29NO/c1-5-14(4)15-6-10-17(11-7-15)20-18(13(2)3)12-19-16-8-9-16/h6-7,10-11,13-14,16,18-19H,5,8-9,12H2,1-4H3. The number of hydrogen-bond acceptors (Lipinski definition) is 2. The average molecular weight is 275 g/mol. The number of rotatable bonds is 8. The van der Waals surface area contributed by atoms with E-state index in [1.54, 1.807) is 0 Å². The van der Waals surface area contributed by atoms with Gasteiger partial charge >= 0.3 is 0 Å². The number of benzene rings is 1. The largest absolute Gasteiger partial charge is 0.489 e. The van der Waals surface area contributed by atoms with E-state index in [1.165, 1.54) is 24.8 Å². The minimum Gasteiger partial charge on any atom is -0.489 e. The molecule has 0 aromatic heterocycles. The maximum Gasteiger partial charge on any atom is 0.119 e. The van der Waals surface area contributed by atoms with E-state index < -0.39 is 0 Å². The fraction of sp³-hybridized carbons (Fsp3) is 0.667. The molecule has 2 rings (SSSR count). The van der Waals surface area contributed by atoms with Gasteiger partial charge in [-0.2, -0.15) is 0 Å². The smallest absolute Gasteiger partial charge is 0.119 e. The van der Waals surface area contributed by atoms with Crippen molar-refractivity contribution in [3.05, 3.63) is 29.8 Å². The van der Waals surface area contributed by atoms with Crippen LogP contribution in [0.4, 0.5) is 0 Å². The Labute approximate surface area is 123 Å². The van der Waals surface area contributed by atoms with Crippen molar-refractivity contribution in [1.29, 1.82) is 0 Å². The molecule has 1 saturated carbocycles. The molecule has 112 valence electrons. The van der Waals surface area contributed by atoms with Crippen LogP contribution in [0.15, 0.2) is 24.3 Å². The van der Waals surface area contributed by atoms with Crippen molar-refractivity contribution in [3.63, 3.8) is 0 Å². The van der Waals surface area contributed by atoms with Crippen LogP contribution in [0.1, 0.15) is 58.4 Å². The van der Waals surface area contributed by atoms with Crippen molar-refractivity contribution in [2.45, 2.75) is 65.0 Å². The van der Waals surface area contributed by atoms with Crippen LogP contribution in [0.2, 0.25) is 0 Å². The zero-order valence-electron chi connectivity index (χ0n) is 13.4. The second-order valence-corrected chi connectivity index (χ2v) is 6.46. The second kappa shape index (κ2) is 7.12. The van der Waals surface area contributed by atoms with Gasteiger partial charge in [-0.1, -0.05) is 39.8 Å². The third-order valence-electron chi connectivity index (χ3n) is 4.28. The van der Waals surface area contributed by atoms with E-state index >= 15 is 0 Å². The van der Waals surface area contributed by atoms with Gasteiger partial charge in [0.25, 0.3) is 0 Å². The van der Waals surface area contributed by atoms with Crippen LogP contribution < -0.4 is 10.1 Å². The highest BCUT2D eigenvalue weighted by atomic mass is 16.5. The lowest BCUT2D eigenvalue weighted by Gasteiger charge is -2.23. The lowest BCUT2D eigenvalue weighted by Crippen LogP contribution is -2.36. The molecule has 0 heterocycles. The Hall–Kier alpha value is -1.02. The zero-order valence-corrected chi connectivity index (χ0v) is 13.4. The van der Waals surface area contributed by atoms with Crippen molar-refractivity contribution in [3.8, 4) is 5.75 Å². The molecule has 20 heavy (non-hydrogen) atoms.